The van der Waals surface area contributed by atoms with E-state index in [1.165, 1.54) is 6.92 Å². The van der Waals surface area contributed by atoms with Crippen molar-refractivity contribution in [2.75, 3.05) is 25.8 Å². The average Bonchev–Trinajstić information content (AvgIpc) is 2.75. The lowest BCUT2D eigenvalue weighted by Gasteiger charge is -2.26. The summed E-state index contributed by atoms with van der Waals surface area (Å²) >= 11 is 5.79. The van der Waals surface area contributed by atoms with E-state index in [4.69, 9.17) is 25.8 Å². The number of aliphatic hydroxyl groups is 1. The van der Waals surface area contributed by atoms with Gasteiger partial charge in [-0.1, -0.05) is 38.1 Å². The fourth-order valence-corrected chi connectivity index (χ4v) is 3.03. The van der Waals surface area contributed by atoms with E-state index in [-0.39, 0.29) is 24.5 Å². The van der Waals surface area contributed by atoms with Crippen molar-refractivity contribution in [3.05, 3.63) is 59.7 Å². The van der Waals surface area contributed by atoms with Gasteiger partial charge in [-0.3, -0.25) is 4.79 Å². The molecule has 2 atom stereocenters. The molecule has 0 amide bonds. The molecule has 5 nitrogen and oxygen atoms in total. The number of carbonyl (C=O) groups excluding carboxylic acids is 1. The summed E-state index contributed by atoms with van der Waals surface area (Å²) in [6.07, 6.45) is -1.61. The van der Waals surface area contributed by atoms with Gasteiger partial charge >= 0.3 is 5.97 Å². The Hall–Kier alpha value is -2.31. The normalized spacial score (nSPS) is 13.4. The predicted molar refractivity (Wildman–Crippen MR) is 114 cm³/mol. The van der Waals surface area contributed by atoms with Crippen LogP contribution in [0.3, 0.4) is 0 Å². The Morgan fingerprint density at radius 3 is 1.87 bits per heavy atom. The summed E-state index contributed by atoms with van der Waals surface area (Å²) in [5.41, 5.74) is 1.89. The second-order valence-corrected chi connectivity index (χ2v) is 7.80. The quantitative estimate of drug-likeness (QED) is 0.419. The van der Waals surface area contributed by atoms with Gasteiger partial charge in [-0.25, -0.2) is 4.39 Å². The molecule has 0 aliphatic rings. The van der Waals surface area contributed by atoms with Gasteiger partial charge in [-0.05, 0) is 35.4 Å². The molecule has 2 aromatic carbocycles. The van der Waals surface area contributed by atoms with Crippen LogP contribution < -0.4 is 9.47 Å². The van der Waals surface area contributed by atoms with E-state index in [0.29, 0.717) is 11.5 Å². The van der Waals surface area contributed by atoms with Gasteiger partial charge in [0.15, 0.2) is 0 Å². The molecule has 1 N–H and O–H groups in total. The Balaban J connectivity index is 2.01. The summed E-state index contributed by atoms with van der Waals surface area (Å²) < 4.78 is 28.4. The minimum absolute atomic E-state index is 0.0806. The molecule has 2 aromatic rings. The van der Waals surface area contributed by atoms with Gasteiger partial charge in [0.25, 0.3) is 0 Å². The van der Waals surface area contributed by atoms with Gasteiger partial charge in [-0.15, -0.1) is 11.6 Å². The summed E-state index contributed by atoms with van der Waals surface area (Å²) in [5, 5.41) is 9.26. The number of alkyl halides is 2. The van der Waals surface area contributed by atoms with Crippen molar-refractivity contribution in [3.63, 3.8) is 0 Å². The third-order valence-corrected chi connectivity index (χ3v) is 5.06. The Morgan fingerprint density at radius 1 is 1.00 bits per heavy atom. The van der Waals surface area contributed by atoms with E-state index >= 15 is 0 Å². The molecule has 7 heteroatoms. The Labute approximate surface area is 181 Å². The number of hydrogen-bond donors (Lipinski definition) is 1. The molecule has 0 heterocycles. The Morgan fingerprint density at radius 2 is 1.47 bits per heavy atom. The Bertz CT molecular complexity index is 792. The number of rotatable bonds is 11. The fourth-order valence-electron chi connectivity index (χ4n) is 2.87. The molecule has 0 spiro atoms. The van der Waals surface area contributed by atoms with Crippen molar-refractivity contribution < 1.29 is 28.5 Å². The highest BCUT2D eigenvalue weighted by Gasteiger charge is 2.23. The standard InChI is InChI=1S/C23H28ClFO5/c1-16(26)30-22(12-24)15-29-21-10-6-18(7-11-21)23(2,3)17-4-8-20(9-5-17)28-14-19(27)13-25/h4-11,19,22,27H,12-15H2,1-3H3/t19-,22-/m0/s1. The van der Waals surface area contributed by atoms with Crippen LogP contribution in [0.4, 0.5) is 4.39 Å². The smallest absolute Gasteiger partial charge is 0.303 e. The zero-order valence-electron chi connectivity index (χ0n) is 17.4. The molecule has 0 aliphatic carbocycles. The molecule has 30 heavy (non-hydrogen) atoms. The van der Waals surface area contributed by atoms with E-state index in [9.17, 15) is 14.3 Å². The largest absolute Gasteiger partial charge is 0.491 e. The van der Waals surface area contributed by atoms with Crippen LogP contribution in [-0.2, 0) is 14.9 Å². The van der Waals surface area contributed by atoms with Crippen molar-refractivity contribution in [2.45, 2.75) is 38.4 Å². The van der Waals surface area contributed by atoms with Crippen LogP contribution >= 0.6 is 11.6 Å². The maximum atomic E-state index is 12.3. The lowest BCUT2D eigenvalue weighted by Crippen LogP contribution is -2.25. The van der Waals surface area contributed by atoms with Crippen molar-refractivity contribution >= 4 is 17.6 Å². The third-order valence-electron chi connectivity index (χ3n) is 4.71. The van der Waals surface area contributed by atoms with Crippen LogP contribution in [-0.4, -0.2) is 49.1 Å². The summed E-state index contributed by atoms with van der Waals surface area (Å²) in [6.45, 7) is 4.82. The highest BCUT2D eigenvalue weighted by atomic mass is 35.5. The number of benzene rings is 2. The van der Waals surface area contributed by atoms with Crippen LogP contribution in [0.5, 0.6) is 11.5 Å². The lowest BCUT2D eigenvalue weighted by molar-refractivity contribution is -0.146. The van der Waals surface area contributed by atoms with E-state index in [1.54, 1.807) is 12.1 Å². The van der Waals surface area contributed by atoms with E-state index in [0.717, 1.165) is 11.1 Å². The second-order valence-electron chi connectivity index (χ2n) is 7.49. The SMILES string of the molecule is CC(=O)O[C@@H](CCl)COc1ccc(C(C)(C)c2ccc(OC[C@@H](O)CF)cc2)cc1. The Kier molecular flexibility index (Phi) is 8.93. The number of esters is 1. The minimum atomic E-state index is -1.12. The molecule has 0 unspecified atom stereocenters. The van der Waals surface area contributed by atoms with Crippen molar-refractivity contribution in [3.8, 4) is 11.5 Å². The molecule has 0 aromatic heterocycles. The molecule has 164 valence electrons. The van der Waals surface area contributed by atoms with Crippen molar-refractivity contribution in [2.24, 2.45) is 0 Å². The lowest BCUT2D eigenvalue weighted by atomic mass is 9.78. The van der Waals surface area contributed by atoms with Gasteiger partial charge in [0.1, 0.15) is 43.6 Å². The summed E-state index contributed by atoms with van der Waals surface area (Å²) in [7, 11) is 0. The average molecular weight is 439 g/mol. The van der Waals surface area contributed by atoms with Gasteiger partial charge in [0.2, 0.25) is 0 Å². The van der Waals surface area contributed by atoms with Crippen LogP contribution in [0.25, 0.3) is 0 Å². The maximum Gasteiger partial charge on any atom is 0.303 e. The molecule has 0 radical (unpaired) electrons. The van der Waals surface area contributed by atoms with E-state index < -0.39 is 24.9 Å². The summed E-state index contributed by atoms with van der Waals surface area (Å²) in [6, 6.07) is 15.2. The van der Waals surface area contributed by atoms with Crippen LogP contribution in [0.1, 0.15) is 31.9 Å². The minimum Gasteiger partial charge on any atom is -0.491 e. The first kappa shape index (κ1) is 24.0. The molecule has 2 rings (SSSR count). The van der Waals surface area contributed by atoms with Crippen LogP contribution in [0.15, 0.2) is 48.5 Å². The zero-order chi connectivity index (χ0) is 22.1. The topological polar surface area (TPSA) is 65.0 Å². The molecular weight excluding hydrogens is 411 g/mol. The fraction of sp³-hybridized carbons (Fsp3) is 0.435. The van der Waals surface area contributed by atoms with Crippen molar-refractivity contribution in [1.29, 1.82) is 0 Å². The second kappa shape index (κ2) is 11.2. The maximum absolute atomic E-state index is 12.3. The summed E-state index contributed by atoms with van der Waals surface area (Å²) in [5.74, 6) is 1.01. The van der Waals surface area contributed by atoms with E-state index in [2.05, 4.69) is 13.8 Å². The van der Waals surface area contributed by atoms with Crippen LogP contribution in [0, 0.1) is 0 Å². The zero-order valence-corrected chi connectivity index (χ0v) is 18.2. The number of ether oxygens (including phenoxy) is 3. The predicted octanol–water partition coefficient (Wildman–Crippen LogP) is 4.27. The number of hydrogen-bond acceptors (Lipinski definition) is 5. The summed E-state index contributed by atoms with van der Waals surface area (Å²) in [4.78, 5) is 11.0. The van der Waals surface area contributed by atoms with Gasteiger partial charge in [-0.2, -0.15) is 0 Å². The van der Waals surface area contributed by atoms with Crippen molar-refractivity contribution in [1.82, 2.24) is 0 Å². The first-order valence-electron chi connectivity index (χ1n) is 9.70. The van der Waals surface area contributed by atoms with E-state index in [1.807, 2.05) is 36.4 Å². The number of halogens is 2. The number of aliphatic hydroxyl groups excluding tert-OH is 1. The molecular formula is C23H28ClFO5. The molecule has 0 fully saturated rings. The van der Waals surface area contributed by atoms with Gasteiger partial charge in [0.05, 0.1) is 5.88 Å². The third kappa shape index (κ3) is 6.89. The highest BCUT2D eigenvalue weighted by Crippen LogP contribution is 2.33. The molecule has 0 saturated carbocycles. The first-order chi connectivity index (χ1) is 14.3. The molecule has 0 aliphatic heterocycles. The first-order valence-corrected chi connectivity index (χ1v) is 10.2. The highest BCUT2D eigenvalue weighted by molar-refractivity contribution is 6.18. The van der Waals surface area contributed by atoms with Gasteiger partial charge < -0.3 is 19.3 Å². The molecule has 0 saturated heterocycles. The van der Waals surface area contributed by atoms with Crippen LogP contribution in [0.2, 0.25) is 0 Å². The van der Waals surface area contributed by atoms with Gasteiger partial charge in [0, 0.05) is 12.3 Å². The molecule has 0 bridgehead atoms. The monoisotopic (exact) mass is 438 g/mol. The number of carbonyl (C=O) groups is 1.